The number of rotatable bonds is 3. The summed E-state index contributed by atoms with van der Waals surface area (Å²) in [6, 6.07) is 8.58. The van der Waals surface area contributed by atoms with Gasteiger partial charge in [-0.1, -0.05) is 11.8 Å². The molecule has 2 nitrogen and oxygen atoms in total. The minimum Gasteiger partial charge on any atom is -1.00 e. The summed E-state index contributed by atoms with van der Waals surface area (Å²) >= 11 is 1.82. The summed E-state index contributed by atoms with van der Waals surface area (Å²) in [5.74, 6) is 1.00. The third-order valence-corrected chi connectivity index (χ3v) is 3.04. The predicted octanol–water partition coefficient (Wildman–Crippen LogP) is -4.21. The van der Waals surface area contributed by atoms with E-state index in [-0.39, 0.29) is 36.4 Å². The summed E-state index contributed by atoms with van der Waals surface area (Å²) in [6.45, 7) is 0. The molecule has 98 valence electrons. The second-order valence-corrected chi connectivity index (χ2v) is 4.61. The van der Waals surface area contributed by atoms with Gasteiger partial charge in [-0.3, -0.25) is 0 Å². The van der Waals surface area contributed by atoms with Gasteiger partial charge in [0.1, 0.15) is 7.05 Å². The van der Waals surface area contributed by atoms with Crippen LogP contribution in [0.3, 0.4) is 0 Å². The van der Waals surface area contributed by atoms with Crippen molar-refractivity contribution in [2.75, 3.05) is 6.26 Å². The van der Waals surface area contributed by atoms with E-state index in [1.807, 2.05) is 23.4 Å². The molecule has 5 heteroatoms. The average molecular weight is 395 g/mol. The molecule has 0 unspecified atom stereocenters. The fraction of sp³-hybridized carbons (Fsp3) is 0.231. The van der Waals surface area contributed by atoms with Crippen molar-refractivity contribution >= 4 is 11.8 Å². The molecule has 0 aromatic carbocycles. The van der Waals surface area contributed by atoms with E-state index in [0.29, 0.717) is 0 Å². The monoisotopic (exact) mass is 394 g/mol. The van der Waals surface area contributed by atoms with Gasteiger partial charge in [0, 0.05) is 24.3 Å². The molecule has 0 spiro atoms. The second kappa shape index (κ2) is 8.72. The molecule has 0 radical (unpaired) electrons. The molecule has 0 saturated heterocycles. The standard InChI is InChI=1S/C13H16N2S.ClH.HI/c1-14-7-3-12(4-8-14)13-5-9-15(10-6-13)11-16-2;;/h3-10H,11H2,1-2H3;2*1H/q+2;;/p-2. The van der Waals surface area contributed by atoms with Crippen LogP contribution in [0, 0.1) is 0 Å². The lowest BCUT2D eigenvalue weighted by Gasteiger charge is -1.99. The molecule has 0 aliphatic carbocycles. The third kappa shape index (κ3) is 4.74. The summed E-state index contributed by atoms with van der Waals surface area (Å²) in [5, 5.41) is 0. The molecule has 2 heterocycles. The SMILES string of the molecule is CSC[n+]1ccc(-c2cc[n+](C)cc2)cc1.[Cl-].[I-]. The number of halogens is 2. The first kappa shape index (κ1) is 17.7. The molecular weight excluding hydrogens is 379 g/mol. The van der Waals surface area contributed by atoms with Gasteiger partial charge in [-0.05, 0) is 17.4 Å². The number of pyridine rings is 2. The Bertz CT molecular complexity index is 459. The molecule has 2 aromatic heterocycles. The average Bonchev–Trinajstić information content (AvgIpc) is 2.32. The van der Waals surface area contributed by atoms with Gasteiger partial charge < -0.3 is 36.4 Å². The van der Waals surface area contributed by atoms with E-state index < -0.39 is 0 Å². The van der Waals surface area contributed by atoms with Gasteiger partial charge in [0.05, 0.1) is 0 Å². The van der Waals surface area contributed by atoms with E-state index in [1.54, 1.807) is 0 Å². The van der Waals surface area contributed by atoms with Crippen LogP contribution >= 0.6 is 11.8 Å². The third-order valence-electron chi connectivity index (χ3n) is 2.48. The number of nitrogens with zero attached hydrogens (tertiary/aromatic N) is 2. The molecular formula is C13H16ClIN2S. The smallest absolute Gasteiger partial charge is 0.194 e. The first-order chi connectivity index (χ1) is 7.79. The van der Waals surface area contributed by atoms with Crippen LogP contribution in [-0.4, -0.2) is 6.26 Å². The largest absolute Gasteiger partial charge is 1.00 e. The lowest BCUT2D eigenvalue weighted by Crippen LogP contribution is -3.00. The van der Waals surface area contributed by atoms with E-state index in [2.05, 4.69) is 59.9 Å². The molecule has 2 aromatic rings. The molecule has 0 atom stereocenters. The topological polar surface area (TPSA) is 7.76 Å². The predicted molar refractivity (Wildman–Crippen MR) is 66.8 cm³/mol. The minimum absolute atomic E-state index is 0. The number of aromatic nitrogens is 2. The van der Waals surface area contributed by atoms with E-state index in [9.17, 15) is 0 Å². The van der Waals surface area contributed by atoms with Crippen LogP contribution in [0.15, 0.2) is 49.1 Å². The molecule has 0 aliphatic heterocycles. The van der Waals surface area contributed by atoms with Crippen LogP contribution in [0.2, 0.25) is 0 Å². The van der Waals surface area contributed by atoms with Crippen molar-refractivity contribution in [3.05, 3.63) is 49.1 Å². The maximum atomic E-state index is 2.18. The zero-order valence-electron chi connectivity index (χ0n) is 10.4. The van der Waals surface area contributed by atoms with Gasteiger partial charge in [-0.15, -0.1) is 0 Å². The lowest BCUT2D eigenvalue weighted by molar-refractivity contribution is -0.675. The van der Waals surface area contributed by atoms with Gasteiger partial charge in [0.25, 0.3) is 0 Å². The minimum atomic E-state index is 0. The highest BCUT2D eigenvalue weighted by molar-refractivity contribution is 7.97. The molecule has 18 heavy (non-hydrogen) atoms. The maximum Gasteiger partial charge on any atom is 0.194 e. The summed E-state index contributed by atoms with van der Waals surface area (Å²) in [7, 11) is 2.03. The second-order valence-electron chi connectivity index (χ2n) is 3.77. The summed E-state index contributed by atoms with van der Waals surface area (Å²) in [4.78, 5) is 0. The summed E-state index contributed by atoms with van der Waals surface area (Å²) in [6.07, 6.45) is 10.5. The Labute approximate surface area is 136 Å². The highest BCUT2D eigenvalue weighted by atomic mass is 127. The molecule has 0 fully saturated rings. The van der Waals surface area contributed by atoms with Crippen LogP contribution < -0.4 is 45.5 Å². The Morgan fingerprint density at radius 3 is 1.83 bits per heavy atom. The van der Waals surface area contributed by atoms with Crippen LogP contribution in [0.25, 0.3) is 11.1 Å². The molecule has 0 saturated carbocycles. The Kier molecular flexibility index (Phi) is 8.56. The van der Waals surface area contributed by atoms with Gasteiger partial charge in [-0.2, -0.15) is 4.57 Å². The summed E-state index contributed by atoms with van der Waals surface area (Å²) < 4.78 is 4.22. The molecule has 0 bridgehead atoms. The van der Waals surface area contributed by atoms with Crippen molar-refractivity contribution in [3.63, 3.8) is 0 Å². The zero-order chi connectivity index (χ0) is 11.4. The normalized spacial score (nSPS) is 9.22. The van der Waals surface area contributed by atoms with Crippen LogP contribution in [0.1, 0.15) is 0 Å². The van der Waals surface area contributed by atoms with Crippen molar-refractivity contribution < 1.29 is 45.5 Å². The van der Waals surface area contributed by atoms with E-state index in [1.165, 1.54) is 11.1 Å². The van der Waals surface area contributed by atoms with Gasteiger partial charge in [0.15, 0.2) is 30.7 Å². The molecule has 0 aliphatic rings. The Balaban J connectivity index is 0.00000144. The number of aryl methyl sites for hydroxylation is 1. The highest BCUT2D eigenvalue weighted by Crippen LogP contribution is 2.15. The number of hydrogen-bond acceptors (Lipinski definition) is 1. The fourth-order valence-corrected chi connectivity index (χ4v) is 2.05. The quantitative estimate of drug-likeness (QED) is 0.378. The fourth-order valence-electron chi connectivity index (χ4n) is 1.58. The van der Waals surface area contributed by atoms with Crippen molar-refractivity contribution in [2.24, 2.45) is 7.05 Å². The maximum absolute atomic E-state index is 2.18. The van der Waals surface area contributed by atoms with E-state index >= 15 is 0 Å². The zero-order valence-corrected chi connectivity index (χ0v) is 14.1. The van der Waals surface area contributed by atoms with Crippen LogP contribution in [-0.2, 0) is 12.9 Å². The Morgan fingerprint density at radius 2 is 1.39 bits per heavy atom. The van der Waals surface area contributed by atoms with Crippen molar-refractivity contribution in [3.8, 4) is 11.1 Å². The Morgan fingerprint density at radius 1 is 0.944 bits per heavy atom. The first-order valence-electron chi connectivity index (χ1n) is 5.23. The highest BCUT2D eigenvalue weighted by Gasteiger charge is 2.03. The Hall–Kier alpha value is -0.330. The van der Waals surface area contributed by atoms with Gasteiger partial charge in [-0.25, -0.2) is 4.57 Å². The van der Waals surface area contributed by atoms with Crippen LogP contribution in [0.5, 0.6) is 0 Å². The number of thioether (sulfide) groups is 1. The number of hydrogen-bond donors (Lipinski definition) is 0. The van der Waals surface area contributed by atoms with E-state index in [0.717, 1.165) is 5.88 Å². The molecule has 0 amide bonds. The van der Waals surface area contributed by atoms with Gasteiger partial charge in [0.2, 0.25) is 0 Å². The summed E-state index contributed by atoms with van der Waals surface area (Å²) in [5.41, 5.74) is 2.52. The van der Waals surface area contributed by atoms with Crippen LogP contribution in [0.4, 0.5) is 0 Å². The van der Waals surface area contributed by atoms with Crippen molar-refractivity contribution in [1.29, 1.82) is 0 Å². The van der Waals surface area contributed by atoms with Crippen molar-refractivity contribution in [1.82, 2.24) is 0 Å². The lowest BCUT2D eigenvalue weighted by atomic mass is 10.1. The van der Waals surface area contributed by atoms with E-state index in [4.69, 9.17) is 0 Å². The molecule has 2 rings (SSSR count). The van der Waals surface area contributed by atoms with Gasteiger partial charge >= 0.3 is 0 Å². The molecule has 0 N–H and O–H groups in total. The van der Waals surface area contributed by atoms with Crippen molar-refractivity contribution in [2.45, 2.75) is 5.88 Å². The first-order valence-corrected chi connectivity index (χ1v) is 6.63.